The Labute approximate surface area is 173 Å². The van der Waals surface area contributed by atoms with Crippen molar-refractivity contribution in [1.82, 2.24) is 20.0 Å². The minimum absolute atomic E-state index is 0.146. The quantitative estimate of drug-likeness (QED) is 0.736. The maximum Gasteiger partial charge on any atom is 0.490 e. The van der Waals surface area contributed by atoms with Crippen LogP contribution in [0.5, 0.6) is 0 Å². The molecule has 0 aromatic carbocycles. The van der Waals surface area contributed by atoms with Crippen molar-refractivity contribution in [3.05, 3.63) is 17.8 Å². The highest BCUT2D eigenvalue weighted by atomic mass is 19.4. The lowest BCUT2D eigenvalue weighted by Crippen LogP contribution is -2.50. The molecule has 3 heterocycles. The van der Waals surface area contributed by atoms with Crippen LogP contribution in [0.4, 0.5) is 23.8 Å². The van der Waals surface area contributed by atoms with E-state index in [1.165, 1.54) is 12.8 Å². The van der Waals surface area contributed by atoms with Gasteiger partial charge in [0.15, 0.2) is 5.82 Å². The van der Waals surface area contributed by atoms with Crippen LogP contribution in [-0.2, 0) is 4.79 Å². The fourth-order valence-electron chi connectivity index (χ4n) is 3.73. The van der Waals surface area contributed by atoms with Crippen LogP contribution in [0.3, 0.4) is 0 Å². The number of carboxylic acids is 1. The number of carboxylic acid groups (broad SMARTS) is 1. The number of amides is 2. The Morgan fingerprint density at radius 2 is 1.53 bits per heavy atom. The number of piperidine rings is 2. The molecule has 3 rings (SSSR count). The molecule has 8 nitrogen and oxygen atoms in total. The van der Waals surface area contributed by atoms with E-state index in [1.807, 2.05) is 32.0 Å². The van der Waals surface area contributed by atoms with E-state index in [4.69, 9.17) is 9.90 Å². The fourth-order valence-corrected chi connectivity index (χ4v) is 3.73. The van der Waals surface area contributed by atoms with Gasteiger partial charge in [-0.1, -0.05) is 0 Å². The summed E-state index contributed by atoms with van der Waals surface area (Å²) in [6.07, 6.45) is -0.459. The van der Waals surface area contributed by atoms with Crippen molar-refractivity contribution in [3.8, 4) is 0 Å². The van der Waals surface area contributed by atoms with E-state index in [2.05, 4.69) is 21.2 Å². The average molecular weight is 431 g/mol. The standard InChI is InChI=1S/C17H27N5O.C2HF3O2/c1-14-4-5-15(19-18-14)21-10-6-17(7-11-21)8-12-22(13-9-17)16(23)20(2)3;3-2(4,5)1(6)7/h4-5H,6-13H2,1-3H3;(H,6,7). The summed E-state index contributed by atoms with van der Waals surface area (Å²) < 4.78 is 31.7. The number of rotatable bonds is 1. The first-order chi connectivity index (χ1) is 13.9. The third kappa shape index (κ3) is 6.20. The second-order valence-corrected chi connectivity index (χ2v) is 7.99. The van der Waals surface area contributed by atoms with E-state index >= 15 is 0 Å². The van der Waals surface area contributed by atoms with Gasteiger partial charge in [-0.15, -0.1) is 5.10 Å². The molecule has 1 aromatic rings. The maximum atomic E-state index is 12.1. The van der Waals surface area contributed by atoms with Gasteiger partial charge in [0.05, 0.1) is 5.69 Å². The van der Waals surface area contributed by atoms with Crippen LogP contribution in [0.2, 0.25) is 0 Å². The largest absolute Gasteiger partial charge is 0.490 e. The third-order valence-electron chi connectivity index (χ3n) is 5.65. The minimum Gasteiger partial charge on any atom is -0.475 e. The Balaban J connectivity index is 0.000000396. The summed E-state index contributed by atoms with van der Waals surface area (Å²) in [5.41, 5.74) is 1.37. The van der Waals surface area contributed by atoms with Crippen molar-refractivity contribution < 1.29 is 27.9 Å². The lowest BCUT2D eigenvalue weighted by Gasteiger charge is -2.47. The molecule has 11 heteroatoms. The summed E-state index contributed by atoms with van der Waals surface area (Å²) in [6, 6.07) is 4.24. The smallest absolute Gasteiger partial charge is 0.475 e. The minimum atomic E-state index is -5.08. The molecule has 1 N–H and O–H groups in total. The van der Waals surface area contributed by atoms with Crippen molar-refractivity contribution in [3.63, 3.8) is 0 Å². The number of hydrogen-bond acceptors (Lipinski definition) is 5. The van der Waals surface area contributed by atoms with Gasteiger partial charge in [-0.25, -0.2) is 9.59 Å². The molecule has 2 amide bonds. The fraction of sp³-hybridized carbons (Fsp3) is 0.684. The first-order valence-corrected chi connectivity index (χ1v) is 9.75. The zero-order chi connectivity index (χ0) is 22.5. The van der Waals surface area contributed by atoms with Gasteiger partial charge in [0, 0.05) is 40.3 Å². The molecular weight excluding hydrogens is 403 g/mol. The van der Waals surface area contributed by atoms with E-state index in [1.54, 1.807) is 4.90 Å². The molecule has 0 radical (unpaired) electrons. The molecule has 0 bridgehead atoms. The summed E-state index contributed by atoms with van der Waals surface area (Å²) >= 11 is 0. The molecule has 2 aliphatic rings. The number of aliphatic carboxylic acids is 1. The zero-order valence-electron chi connectivity index (χ0n) is 17.4. The molecule has 0 unspecified atom stereocenters. The van der Waals surface area contributed by atoms with E-state index in [9.17, 15) is 18.0 Å². The zero-order valence-corrected chi connectivity index (χ0v) is 17.4. The van der Waals surface area contributed by atoms with Crippen LogP contribution in [0.25, 0.3) is 0 Å². The van der Waals surface area contributed by atoms with Crippen LogP contribution in [-0.4, -0.2) is 83.6 Å². The van der Waals surface area contributed by atoms with Gasteiger partial charge >= 0.3 is 18.2 Å². The SMILES string of the molecule is Cc1ccc(N2CCC3(CCN(C(=O)N(C)C)CC3)CC2)nn1.O=C(O)C(F)(F)F. The first kappa shape index (κ1) is 23.7. The predicted molar refractivity (Wildman–Crippen MR) is 104 cm³/mol. The van der Waals surface area contributed by atoms with Crippen molar-refractivity contribution in [1.29, 1.82) is 0 Å². The second kappa shape index (κ2) is 9.48. The number of aromatic nitrogens is 2. The number of alkyl halides is 3. The van der Waals surface area contributed by atoms with Gasteiger partial charge in [-0.05, 0) is 50.2 Å². The van der Waals surface area contributed by atoms with E-state index < -0.39 is 12.1 Å². The summed E-state index contributed by atoms with van der Waals surface area (Å²) in [4.78, 5) is 27.0. The molecule has 2 aliphatic heterocycles. The first-order valence-electron chi connectivity index (χ1n) is 9.75. The monoisotopic (exact) mass is 431 g/mol. The van der Waals surface area contributed by atoms with Crippen LogP contribution in [0.1, 0.15) is 31.4 Å². The number of carbonyl (C=O) groups is 2. The Hall–Kier alpha value is -2.59. The van der Waals surface area contributed by atoms with Crippen LogP contribution >= 0.6 is 0 Å². The highest BCUT2D eigenvalue weighted by Crippen LogP contribution is 2.41. The number of aryl methyl sites for hydroxylation is 1. The number of anilines is 1. The molecule has 30 heavy (non-hydrogen) atoms. The summed E-state index contributed by atoms with van der Waals surface area (Å²) in [5, 5.41) is 15.6. The Morgan fingerprint density at radius 3 is 1.93 bits per heavy atom. The van der Waals surface area contributed by atoms with Gasteiger partial charge in [-0.3, -0.25) is 0 Å². The topological polar surface area (TPSA) is 89.9 Å². The van der Waals surface area contributed by atoms with Gasteiger partial charge < -0.3 is 19.8 Å². The molecule has 2 fully saturated rings. The summed E-state index contributed by atoms with van der Waals surface area (Å²) in [7, 11) is 3.65. The van der Waals surface area contributed by atoms with E-state index in [-0.39, 0.29) is 6.03 Å². The molecule has 168 valence electrons. The normalized spacial score (nSPS) is 18.5. The molecule has 1 spiro atoms. The highest BCUT2D eigenvalue weighted by Gasteiger charge is 2.39. The maximum absolute atomic E-state index is 12.1. The number of likely N-dealkylation sites (tertiary alicyclic amines) is 1. The number of nitrogens with zero attached hydrogens (tertiary/aromatic N) is 5. The molecule has 2 saturated heterocycles. The molecule has 0 saturated carbocycles. The summed E-state index contributed by atoms with van der Waals surface area (Å²) in [6.45, 7) is 5.83. The van der Waals surface area contributed by atoms with Gasteiger partial charge in [0.25, 0.3) is 0 Å². The van der Waals surface area contributed by atoms with Gasteiger partial charge in [0.2, 0.25) is 0 Å². The van der Waals surface area contributed by atoms with E-state index in [0.717, 1.165) is 50.5 Å². The third-order valence-corrected chi connectivity index (χ3v) is 5.65. The number of carbonyl (C=O) groups excluding carboxylic acids is 1. The van der Waals surface area contributed by atoms with Crippen molar-refractivity contribution in [2.24, 2.45) is 5.41 Å². The lowest BCUT2D eigenvalue weighted by molar-refractivity contribution is -0.192. The predicted octanol–water partition coefficient (Wildman–Crippen LogP) is 2.78. The molecule has 0 aliphatic carbocycles. The number of hydrogen-bond donors (Lipinski definition) is 1. The van der Waals surface area contributed by atoms with Crippen LogP contribution in [0.15, 0.2) is 12.1 Å². The Bertz CT molecular complexity index is 722. The highest BCUT2D eigenvalue weighted by molar-refractivity contribution is 5.74. The summed E-state index contributed by atoms with van der Waals surface area (Å²) in [5.74, 6) is -1.77. The number of urea groups is 1. The molecule has 0 atom stereocenters. The van der Waals surface area contributed by atoms with E-state index in [0.29, 0.717) is 5.41 Å². The van der Waals surface area contributed by atoms with Crippen LogP contribution in [0, 0.1) is 12.3 Å². The second-order valence-electron chi connectivity index (χ2n) is 7.99. The van der Waals surface area contributed by atoms with Crippen molar-refractivity contribution in [2.45, 2.75) is 38.8 Å². The van der Waals surface area contributed by atoms with Gasteiger partial charge in [-0.2, -0.15) is 18.3 Å². The van der Waals surface area contributed by atoms with Gasteiger partial charge in [0.1, 0.15) is 0 Å². The number of halogens is 3. The molecular formula is C19H28F3N5O3. The van der Waals surface area contributed by atoms with Crippen molar-refractivity contribution >= 4 is 17.8 Å². The molecule has 1 aromatic heterocycles. The average Bonchev–Trinajstić information content (AvgIpc) is 2.69. The Kier molecular flexibility index (Phi) is 7.49. The Morgan fingerprint density at radius 1 is 1.03 bits per heavy atom. The van der Waals surface area contributed by atoms with Crippen molar-refractivity contribution in [2.75, 3.05) is 45.2 Å². The lowest BCUT2D eigenvalue weighted by atomic mass is 9.71. The van der Waals surface area contributed by atoms with Crippen LogP contribution < -0.4 is 4.90 Å².